The molecule has 2 nitrogen and oxygen atoms in total. The highest BCUT2D eigenvalue weighted by Crippen LogP contribution is 2.37. The van der Waals surface area contributed by atoms with E-state index in [1.807, 2.05) is 11.3 Å². The van der Waals surface area contributed by atoms with Crippen molar-refractivity contribution >= 4 is 11.3 Å². The van der Waals surface area contributed by atoms with E-state index in [4.69, 9.17) is 4.74 Å². The van der Waals surface area contributed by atoms with E-state index in [1.54, 1.807) is 7.11 Å². The molecule has 0 aromatic carbocycles. The molecule has 1 atom stereocenters. The number of hydrogen-bond acceptors (Lipinski definition) is 3. The van der Waals surface area contributed by atoms with Crippen molar-refractivity contribution in [2.75, 3.05) is 13.7 Å². The molecule has 1 aromatic heterocycles. The normalized spacial score (nSPS) is 19.3. The van der Waals surface area contributed by atoms with Crippen LogP contribution in [0.1, 0.15) is 50.4 Å². The lowest BCUT2D eigenvalue weighted by Crippen LogP contribution is -2.40. The smallest absolute Gasteiger partial charge is 0.0746 e. The molecule has 1 saturated carbocycles. The SMILES string of the molecule is COC(C)(C)CNC(c1cccs1)C1CCCC1. The van der Waals surface area contributed by atoms with Gasteiger partial charge in [0.2, 0.25) is 0 Å². The summed E-state index contributed by atoms with van der Waals surface area (Å²) in [5, 5.41) is 5.92. The van der Waals surface area contributed by atoms with Crippen LogP contribution in [0, 0.1) is 5.92 Å². The van der Waals surface area contributed by atoms with Crippen LogP contribution in [0.5, 0.6) is 0 Å². The number of hydrogen-bond donors (Lipinski definition) is 1. The Morgan fingerprint density at radius 1 is 1.44 bits per heavy atom. The van der Waals surface area contributed by atoms with Gasteiger partial charge in [-0.05, 0) is 44.1 Å². The lowest BCUT2D eigenvalue weighted by atomic mass is 9.96. The molecule has 0 amide bonds. The Morgan fingerprint density at radius 2 is 2.17 bits per heavy atom. The standard InChI is InChI=1S/C15H25NOS/c1-15(2,17-3)11-16-14(12-7-4-5-8-12)13-9-6-10-18-13/h6,9-10,12,14,16H,4-5,7-8,11H2,1-3H3. The Kier molecular flexibility index (Phi) is 4.82. The molecule has 102 valence electrons. The molecule has 3 heteroatoms. The van der Waals surface area contributed by atoms with Crippen molar-refractivity contribution < 1.29 is 4.74 Å². The molecule has 1 aliphatic rings. The summed E-state index contributed by atoms with van der Waals surface area (Å²) < 4.78 is 5.51. The second-order valence-corrected chi connectivity index (χ2v) is 6.86. The summed E-state index contributed by atoms with van der Waals surface area (Å²) in [6.45, 7) is 5.18. The number of methoxy groups -OCH3 is 1. The Hall–Kier alpha value is -0.380. The van der Waals surface area contributed by atoms with E-state index in [-0.39, 0.29) is 5.60 Å². The highest BCUT2D eigenvalue weighted by molar-refractivity contribution is 7.10. The van der Waals surface area contributed by atoms with Crippen molar-refractivity contribution in [3.8, 4) is 0 Å². The highest BCUT2D eigenvalue weighted by Gasteiger charge is 2.28. The molecule has 0 bridgehead atoms. The van der Waals surface area contributed by atoms with Gasteiger partial charge in [-0.3, -0.25) is 0 Å². The van der Waals surface area contributed by atoms with Crippen molar-refractivity contribution in [2.24, 2.45) is 5.92 Å². The van der Waals surface area contributed by atoms with E-state index in [1.165, 1.54) is 30.6 Å². The first-order valence-corrected chi connectivity index (χ1v) is 7.82. The Balaban J connectivity index is 2.01. The molecule has 1 fully saturated rings. The summed E-state index contributed by atoms with van der Waals surface area (Å²) in [4.78, 5) is 1.48. The van der Waals surface area contributed by atoms with Crippen molar-refractivity contribution in [3.63, 3.8) is 0 Å². The Labute approximate surface area is 115 Å². The summed E-state index contributed by atoms with van der Waals surface area (Å²) in [5.74, 6) is 0.802. The van der Waals surface area contributed by atoms with Gasteiger partial charge >= 0.3 is 0 Å². The fourth-order valence-electron chi connectivity index (χ4n) is 2.69. The molecule has 2 rings (SSSR count). The first-order valence-electron chi connectivity index (χ1n) is 6.94. The quantitative estimate of drug-likeness (QED) is 0.841. The molecule has 0 aliphatic heterocycles. The van der Waals surface area contributed by atoms with Crippen LogP contribution < -0.4 is 5.32 Å². The van der Waals surface area contributed by atoms with Crippen LogP contribution in [0.2, 0.25) is 0 Å². The second-order valence-electron chi connectivity index (χ2n) is 5.88. The van der Waals surface area contributed by atoms with Crippen molar-refractivity contribution in [3.05, 3.63) is 22.4 Å². The Morgan fingerprint density at radius 3 is 2.72 bits per heavy atom. The van der Waals surface area contributed by atoms with Gasteiger partial charge in [0.05, 0.1) is 5.60 Å². The summed E-state index contributed by atoms with van der Waals surface area (Å²) >= 11 is 1.87. The van der Waals surface area contributed by atoms with Gasteiger partial charge in [-0.15, -0.1) is 11.3 Å². The van der Waals surface area contributed by atoms with E-state index in [0.29, 0.717) is 6.04 Å². The molecule has 1 heterocycles. The monoisotopic (exact) mass is 267 g/mol. The van der Waals surface area contributed by atoms with Gasteiger partial charge in [-0.25, -0.2) is 0 Å². The third-order valence-electron chi connectivity index (χ3n) is 4.02. The van der Waals surface area contributed by atoms with E-state index >= 15 is 0 Å². The lowest BCUT2D eigenvalue weighted by molar-refractivity contribution is 0.0194. The number of nitrogens with one attached hydrogen (secondary N) is 1. The molecule has 1 aromatic rings. The number of thiophene rings is 1. The van der Waals surface area contributed by atoms with E-state index in [9.17, 15) is 0 Å². The zero-order chi connectivity index (χ0) is 13.0. The molecule has 18 heavy (non-hydrogen) atoms. The number of rotatable bonds is 6. The average molecular weight is 267 g/mol. The summed E-state index contributed by atoms with van der Waals surface area (Å²) in [6.07, 6.45) is 5.51. The first-order chi connectivity index (χ1) is 8.62. The van der Waals surface area contributed by atoms with Crippen LogP contribution in [0.3, 0.4) is 0 Å². The van der Waals surface area contributed by atoms with Gasteiger partial charge in [0.1, 0.15) is 0 Å². The maximum Gasteiger partial charge on any atom is 0.0746 e. The minimum absolute atomic E-state index is 0.0892. The fourth-order valence-corrected chi connectivity index (χ4v) is 3.58. The van der Waals surface area contributed by atoms with Gasteiger partial charge in [-0.2, -0.15) is 0 Å². The predicted octanol–water partition coefficient (Wildman–Crippen LogP) is 3.99. The van der Waals surface area contributed by atoms with Crippen LogP contribution in [0.4, 0.5) is 0 Å². The molecular formula is C15H25NOS. The second kappa shape index (κ2) is 6.18. The van der Waals surface area contributed by atoms with E-state index in [0.717, 1.165) is 12.5 Å². The van der Waals surface area contributed by atoms with Gasteiger partial charge in [0, 0.05) is 24.6 Å². The van der Waals surface area contributed by atoms with Gasteiger partial charge in [-0.1, -0.05) is 18.9 Å². The van der Waals surface area contributed by atoms with Gasteiger partial charge in [0.15, 0.2) is 0 Å². The van der Waals surface area contributed by atoms with E-state index in [2.05, 4.69) is 36.7 Å². The van der Waals surface area contributed by atoms with Crippen molar-refractivity contribution in [1.29, 1.82) is 0 Å². The summed E-state index contributed by atoms with van der Waals surface area (Å²) in [5.41, 5.74) is -0.0892. The topological polar surface area (TPSA) is 21.3 Å². The van der Waals surface area contributed by atoms with Crippen LogP contribution in [0.25, 0.3) is 0 Å². The van der Waals surface area contributed by atoms with Gasteiger partial charge < -0.3 is 10.1 Å². The molecule has 1 unspecified atom stereocenters. The molecular weight excluding hydrogens is 242 g/mol. The molecule has 0 radical (unpaired) electrons. The van der Waals surface area contributed by atoms with Crippen LogP contribution in [0.15, 0.2) is 17.5 Å². The van der Waals surface area contributed by atoms with Crippen molar-refractivity contribution in [1.82, 2.24) is 5.32 Å². The number of ether oxygens (including phenoxy) is 1. The molecule has 1 N–H and O–H groups in total. The maximum absolute atomic E-state index is 5.51. The zero-order valence-corrected chi connectivity index (χ0v) is 12.6. The Bertz CT molecular complexity index is 341. The summed E-state index contributed by atoms with van der Waals surface area (Å²) in [6, 6.07) is 4.94. The van der Waals surface area contributed by atoms with E-state index < -0.39 is 0 Å². The maximum atomic E-state index is 5.51. The zero-order valence-electron chi connectivity index (χ0n) is 11.7. The molecule has 0 spiro atoms. The van der Waals surface area contributed by atoms with Gasteiger partial charge in [0.25, 0.3) is 0 Å². The predicted molar refractivity (Wildman–Crippen MR) is 78.1 cm³/mol. The largest absolute Gasteiger partial charge is 0.377 e. The summed E-state index contributed by atoms with van der Waals surface area (Å²) in [7, 11) is 1.79. The van der Waals surface area contributed by atoms with Crippen LogP contribution in [-0.4, -0.2) is 19.3 Å². The van der Waals surface area contributed by atoms with Crippen molar-refractivity contribution in [2.45, 2.75) is 51.2 Å². The minimum atomic E-state index is -0.0892. The molecule has 1 aliphatic carbocycles. The third kappa shape index (κ3) is 3.56. The first kappa shape index (κ1) is 14.0. The highest BCUT2D eigenvalue weighted by atomic mass is 32.1. The minimum Gasteiger partial charge on any atom is -0.377 e. The third-order valence-corrected chi connectivity index (χ3v) is 4.98. The molecule has 0 saturated heterocycles. The van der Waals surface area contributed by atoms with Crippen LogP contribution >= 0.6 is 11.3 Å². The van der Waals surface area contributed by atoms with Crippen LogP contribution in [-0.2, 0) is 4.74 Å². The lowest BCUT2D eigenvalue weighted by Gasteiger charge is -2.29. The fraction of sp³-hybridized carbons (Fsp3) is 0.733. The average Bonchev–Trinajstić information content (AvgIpc) is 3.01.